The summed E-state index contributed by atoms with van der Waals surface area (Å²) < 4.78 is 0. The number of aliphatic hydroxyl groups is 2. The number of unbranched alkanes of at least 4 members (excludes halogenated alkanes) is 3. The third kappa shape index (κ3) is 9.48. The van der Waals surface area contributed by atoms with Crippen LogP contribution in [0.4, 0.5) is 0 Å². The molecule has 0 aromatic carbocycles. The molecule has 0 aromatic heterocycles. The summed E-state index contributed by atoms with van der Waals surface area (Å²) in [5.41, 5.74) is 0. The number of amides is 1. The molecular weight excluding hydrogens is 182 g/mol. The highest BCUT2D eigenvalue weighted by Gasteiger charge is 1.99. The molecule has 0 aliphatic heterocycles. The first-order valence-electron chi connectivity index (χ1n) is 5.29. The first-order chi connectivity index (χ1) is 6.81. The predicted octanol–water partition coefficient (Wildman–Crippen LogP) is 0.428. The van der Waals surface area contributed by atoms with Crippen LogP contribution in [0.3, 0.4) is 0 Å². The van der Waals surface area contributed by atoms with E-state index >= 15 is 0 Å². The zero-order chi connectivity index (χ0) is 10.6. The van der Waals surface area contributed by atoms with Crippen LogP contribution in [0.1, 0.15) is 38.5 Å². The third-order valence-corrected chi connectivity index (χ3v) is 1.97. The van der Waals surface area contributed by atoms with Gasteiger partial charge in [0, 0.05) is 26.2 Å². The first kappa shape index (κ1) is 13.4. The van der Waals surface area contributed by atoms with Gasteiger partial charge < -0.3 is 15.5 Å². The highest BCUT2D eigenvalue weighted by Crippen LogP contribution is 1.95. The standard InChI is InChI=1S/C10H21NO3/c12-8-4-1-3-7-11-10(14)6-2-5-9-13/h12-13H,1-9H2,(H,11,14). The fourth-order valence-electron chi connectivity index (χ4n) is 1.13. The van der Waals surface area contributed by atoms with E-state index in [2.05, 4.69) is 5.32 Å². The van der Waals surface area contributed by atoms with E-state index in [1.54, 1.807) is 0 Å². The second-order valence-electron chi connectivity index (χ2n) is 3.31. The van der Waals surface area contributed by atoms with Crippen molar-refractivity contribution in [1.82, 2.24) is 5.32 Å². The van der Waals surface area contributed by atoms with Crippen LogP contribution in [-0.2, 0) is 4.79 Å². The second-order valence-corrected chi connectivity index (χ2v) is 3.31. The predicted molar refractivity (Wildman–Crippen MR) is 54.9 cm³/mol. The van der Waals surface area contributed by atoms with Crippen molar-refractivity contribution in [2.75, 3.05) is 19.8 Å². The van der Waals surface area contributed by atoms with Gasteiger partial charge in [0.1, 0.15) is 0 Å². The minimum absolute atomic E-state index is 0.0578. The van der Waals surface area contributed by atoms with Gasteiger partial charge >= 0.3 is 0 Å². The third-order valence-electron chi connectivity index (χ3n) is 1.97. The van der Waals surface area contributed by atoms with Crippen LogP contribution in [0.25, 0.3) is 0 Å². The number of carbonyl (C=O) groups excluding carboxylic acids is 1. The lowest BCUT2D eigenvalue weighted by Crippen LogP contribution is -2.24. The topological polar surface area (TPSA) is 69.6 Å². The molecule has 0 saturated carbocycles. The van der Waals surface area contributed by atoms with Gasteiger partial charge in [-0.25, -0.2) is 0 Å². The molecule has 3 N–H and O–H groups in total. The highest BCUT2D eigenvalue weighted by atomic mass is 16.3. The SMILES string of the molecule is O=C(CCCCO)NCCCCCO. The van der Waals surface area contributed by atoms with Crippen molar-refractivity contribution in [3.63, 3.8) is 0 Å². The molecule has 0 rings (SSSR count). The number of aliphatic hydroxyl groups excluding tert-OH is 2. The van der Waals surface area contributed by atoms with Gasteiger partial charge in [-0.2, -0.15) is 0 Å². The van der Waals surface area contributed by atoms with Gasteiger partial charge in [-0.3, -0.25) is 4.79 Å². The van der Waals surface area contributed by atoms with E-state index in [0.717, 1.165) is 25.7 Å². The van der Waals surface area contributed by atoms with Crippen LogP contribution in [-0.4, -0.2) is 35.9 Å². The lowest BCUT2D eigenvalue weighted by molar-refractivity contribution is -0.121. The molecule has 0 saturated heterocycles. The normalized spacial score (nSPS) is 10.1. The molecule has 0 aliphatic rings. The number of rotatable bonds is 9. The minimum Gasteiger partial charge on any atom is -0.396 e. The Balaban J connectivity index is 3.10. The molecule has 0 bridgehead atoms. The summed E-state index contributed by atoms with van der Waals surface area (Å²) in [4.78, 5) is 11.1. The lowest BCUT2D eigenvalue weighted by atomic mass is 10.2. The van der Waals surface area contributed by atoms with Crippen LogP contribution < -0.4 is 5.32 Å². The van der Waals surface area contributed by atoms with E-state index in [1.807, 2.05) is 0 Å². The molecule has 0 aliphatic carbocycles. The number of hydrogen-bond donors (Lipinski definition) is 3. The van der Waals surface area contributed by atoms with Gasteiger partial charge in [-0.05, 0) is 32.1 Å². The fourth-order valence-corrected chi connectivity index (χ4v) is 1.13. The molecule has 14 heavy (non-hydrogen) atoms. The summed E-state index contributed by atoms with van der Waals surface area (Å²) in [5, 5.41) is 19.8. The summed E-state index contributed by atoms with van der Waals surface area (Å²) in [6.45, 7) is 1.08. The molecule has 0 unspecified atom stereocenters. The van der Waals surface area contributed by atoms with Crippen molar-refractivity contribution < 1.29 is 15.0 Å². The number of nitrogens with one attached hydrogen (secondary N) is 1. The summed E-state index contributed by atoms with van der Waals surface area (Å²) in [6, 6.07) is 0. The molecule has 0 aromatic rings. The van der Waals surface area contributed by atoms with E-state index in [4.69, 9.17) is 10.2 Å². The van der Waals surface area contributed by atoms with E-state index in [9.17, 15) is 4.79 Å². The first-order valence-corrected chi connectivity index (χ1v) is 5.29. The number of hydrogen-bond acceptors (Lipinski definition) is 3. The summed E-state index contributed by atoms with van der Waals surface area (Å²) in [5.74, 6) is 0.0578. The Hall–Kier alpha value is -0.610. The van der Waals surface area contributed by atoms with Crippen molar-refractivity contribution in [3.05, 3.63) is 0 Å². The Kier molecular flexibility index (Phi) is 10.0. The Morgan fingerprint density at radius 2 is 1.57 bits per heavy atom. The summed E-state index contributed by atoms with van der Waals surface area (Å²) in [6.07, 6.45) is 4.62. The van der Waals surface area contributed by atoms with E-state index in [0.29, 0.717) is 19.4 Å². The van der Waals surface area contributed by atoms with Gasteiger partial charge in [0.2, 0.25) is 5.91 Å². The van der Waals surface area contributed by atoms with Crippen molar-refractivity contribution >= 4 is 5.91 Å². The minimum atomic E-state index is 0.0578. The Morgan fingerprint density at radius 1 is 0.929 bits per heavy atom. The van der Waals surface area contributed by atoms with Crippen molar-refractivity contribution in [2.45, 2.75) is 38.5 Å². The van der Waals surface area contributed by atoms with Crippen LogP contribution in [0.15, 0.2) is 0 Å². The average molecular weight is 203 g/mol. The maximum atomic E-state index is 11.1. The van der Waals surface area contributed by atoms with Crippen LogP contribution in [0, 0.1) is 0 Å². The number of carbonyl (C=O) groups is 1. The van der Waals surface area contributed by atoms with Crippen molar-refractivity contribution in [1.29, 1.82) is 0 Å². The van der Waals surface area contributed by atoms with E-state index < -0.39 is 0 Å². The van der Waals surface area contributed by atoms with Gasteiger partial charge in [0.25, 0.3) is 0 Å². The van der Waals surface area contributed by atoms with Crippen molar-refractivity contribution in [3.8, 4) is 0 Å². The quantitative estimate of drug-likeness (QED) is 0.476. The summed E-state index contributed by atoms with van der Waals surface area (Å²) >= 11 is 0. The monoisotopic (exact) mass is 203 g/mol. The van der Waals surface area contributed by atoms with E-state index in [-0.39, 0.29) is 19.1 Å². The van der Waals surface area contributed by atoms with Gasteiger partial charge in [0.15, 0.2) is 0 Å². The van der Waals surface area contributed by atoms with Crippen molar-refractivity contribution in [2.24, 2.45) is 0 Å². The molecule has 0 fully saturated rings. The Bertz CT molecular complexity index is 139. The zero-order valence-corrected chi connectivity index (χ0v) is 8.67. The van der Waals surface area contributed by atoms with Gasteiger partial charge in [0.05, 0.1) is 0 Å². The lowest BCUT2D eigenvalue weighted by Gasteiger charge is -2.03. The fraction of sp³-hybridized carbons (Fsp3) is 0.900. The second kappa shape index (κ2) is 10.5. The maximum Gasteiger partial charge on any atom is 0.219 e. The summed E-state index contributed by atoms with van der Waals surface area (Å²) in [7, 11) is 0. The Morgan fingerprint density at radius 3 is 2.21 bits per heavy atom. The molecule has 0 radical (unpaired) electrons. The van der Waals surface area contributed by atoms with Crippen LogP contribution >= 0.6 is 0 Å². The molecule has 4 heteroatoms. The smallest absolute Gasteiger partial charge is 0.219 e. The van der Waals surface area contributed by atoms with Crippen LogP contribution in [0.2, 0.25) is 0 Å². The molecule has 0 heterocycles. The molecule has 0 spiro atoms. The highest BCUT2D eigenvalue weighted by molar-refractivity contribution is 5.75. The molecule has 0 atom stereocenters. The van der Waals surface area contributed by atoms with Gasteiger partial charge in [-0.15, -0.1) is 0 Å². The molecule has 1 amide bonds. The molecular formula is C10H21NO3. The zero-order valence-electron chi connectivity index (χ0n) is 8.67. The molecule has 84 valence electrons. The Labute approximate surface area is 85.3 Å². The van der Waals surface area contributed by atoms with Crippen LogP contribution in [0.5, 0.6) is 0 Å². The molecule has 4 nitrogen and oxygen atoms in total. The largest absolute Gasteiger partial charge is 0.396 e. The van der Waals surface area contributed by atoms with Gasteiger partial charge in [-0.1, -0.05) is 0 Å². The average Bonchev–Trinajstić information content (AvgIpc) is 2.18. The maximum absolute atomic E-state index is 11.1. The van der Waals surface area contributed by atoms with E-state index in [1.165, 1.54) is 0 Å².